The Hall–Kier alpha value is -1.94. The maximum absolute atomic E-state index is 5.60. The van der Waals surface area contributed by atoms with E-state index in [0.717, 1.165) is 12.8 Å². The zero-order valence-corrected chi connectivity index (χ0v) is 10.2. The lowest BCUT2D eigenvalue weighted by molar-refractivity contribution is 0.294. The van der Waals surface area contributed by atoms with Crippen LogP contribution < -0.4 is 10.5 Å². The van der Waals surface area contributed by atoms with Gasteiger partial charge in [0.15, 0.2) is 0 Å². The maximum Gasteiger partial charge on any atom is 0.236 e. The SMILES string of the molecule is NCc1nccnc1OCCCc1ccccc1. The molecule has 4 heteroatoms. The van der Waals surface area contributed by atoms with Crippen molar-refractivity contribution in [1.82, 2.24) is 9.97 Å². The summed E-state index contributed by atoms with van der Waals surface area (Å²) < 4.78 is 5.60. The molecule has 18 heavy (non-hydrogen) atoms. The lowest BCUT2D eigenvalue weighted by Gasteiger charge is -2.07. The molecule has 2 rings (SSSR count). The van der Waals surface area contributed by atoms with E-state index in [-0.39, 0.29) is 0 Å². The van der Waals surface area contributed by atoms with Crippen LogP contribution in [0, 0.1) is 0 Å². The van der Waals surface area contributed by atoms with Crippen LogP contribution in [0.3, 0.4) is 0 Å². The highest BCUT2D eigenvalue weighted by Crippen LogP contribution is 2.11. The van der Waals surface area contributed by atoms with E-state index in [1.807, 2.05) is 18.2 Å². The molecule has 0 saturated carbocycles. The van der Waals surface area contributed by atoms with Crippen molar-refractivity contribution in [3.63, 3.8) is 0 Å². The van der Waals surface area contributed by atoms with Gasteiger partial charge in [0.25, 0.3) is 0 Å². The van der Waals surface area contributed by atoms with Gasteiger partial charge in [-0.05, 0) is 18.4 Å². The molecule has 94 valence electrons. The van der Waals surface area contributed by atoms with Crippen LogP contribution in [-0.4, -0.2) is 16.6 Å². The number of nitrogens with two attached hydrogens (primary N) is 1. The normalized spacial score (nSPS) is 10.3. The van der Waals surface area contributed by atoms with Gasteiger partial charge in [0.2, 0.25) is 5.88 Å². The molecule has 0 aliphatic heterocycles. The van der Waals surface area contributed by atoms with Gasteiger partial charge >= 0.3 is 0 Å². The van der Waals surface area contributed by atoms with Crippen LogP contribution in [0.2, 0.25) is 0 Å². The number of aromatic nitrogens is 2. The second-order valence-electron chi connectivity index (χ2n) is 3.95. The number of hydrogen-bond acceptors (Lipinski definition) is 4. The Kier molecular flexibility index (Phi) is 4.67. The summed E-state index contributed by atoms with van der Waals surface area (Å²) in [7, 11) is 0. The van der Waals surface area contributed by atoms with Gasteiger partial charge in [-0.1, -0.05) is 30.3 Å². The molecule has 1 heterocycles. The fourth-order valence-corrected chi connectivity index (χ4v) is 1.70. The van der Waals surface area contributed by atoms with E-state index in [1.54, 1.807) is 12.4 Å². The van der Waals surface area contributed by atoms with Crippen molar-refractivity contribution in [1.29, 1.82) is 0 Å². The van der Waals surface area contributed by atoms with Crippen LogP contribution in [0.25, 0.3) is 0 Å². The smallest absolute Gasteiger partial charge is 0.236 e. The Labute approximate surface area is 107 Å². The van der Waals surface area contributed by atoms with E-state index in [4.69, 9.17) is 10.5 Å². The lowest BCUT2D eigenvalue weighted by Crippen LogP contribution is -2.07. The molecule has 0 aliphatic carbocycles. The number of hydrogen-bond donors (Lipinski definition) is 1. The van der Waals surface area contributed by atoms with Gasteiger partial charge in [-0.2, -0.15) is 0 Å². The van der Waals surface area contributed by atoms with Gasteiger partial charge in [0, 0.05) is 18.9 Å². The Balaban J connectivity index is 1.78. The molecule has 0 spiro atoms. The Bertz CT molecular complexity index is 473. The molecule has 1 aromatic heterocycles. The summed E-state index contributed by atoms with van der Waals surface area (Å²) in [5, 5.41) is 0. The first kappa shape index (κ1) is 12.5. The average Bonchev–Trinajstić information content (AvgIpc) is 2.45. The summed E-state index contributed by atoms with van der Waals surface area (Å²) in [5.74, 6) is 0.549. The summed E-state index contributed by atoms with van der Waals surface area (Å²) in [6.07, 6.45) is 5.19. The molecular weight excluding hydrogens is 226 g/mol. The zero-order chi connectivity index (χ0) is 12.6. The lowest BCUT2D eigenvalue weighted by atomic mass is 10.1. The highest BCUT2D eigenvalue weighted by molar-refractivity contribution is 5.17. The van der Waals surface area contributed by atoms with E-state index < -0.39 is 0 Å². The van der Waals surface area contributed by atoms with Gasteiger partial charge in [0.1, 0.15) is 5.69 Å². The second-order valence-corrected chi connectivity index (χ2v) is 3.95. The van der Waals surface area contributed by atoms with Crippen molar-refractivity contribution < 1.29 is 4.74 Å². The van der Waals surface area contributed by atoms with Crippen LogP contribution in [0.4, 0.5) is 0 Å². The number of benzene rings is 1. The highest BCUT2D eigenvalue weighted by atomic mass is 16.5. The monoisotopic (exact) mass is 243 g/mol. The zero-order valence-electron chi connectivity index (χ0n) is 10.2. The Morgan fingerprint density at radius 1 is 1.06 bits per heavy atom. The molecule has 2 aromatic rings. The minimum atomic E-state index is 0.349. The van der Waals surface area contributed by atoms with Crippen LogP contribution in [0.15, 0.2) is 42.7 Å². The van der Waals surface area contributed by atoms with E-state index in [1.165, 1.54) is 5.56 Å². The molecule has 0 unspecified atom stereocenters. The summed E-state index contributed by atoms with van der Waals surface area (Å²) in [4.78, 5) is 8.25. The molecule has 1 aromatic carbocycles. The van der Waals surface area contributed by atoms with E-state index >= 15 is 0 Å². The van der Waals surface area contributed by atoms with Gasteiger partial charge in [-0.3, -0.25) is 4.98 Å². The topological polar surface area (TPSA) is 61.0 Å². The maximum atomic E-state index is 5.60. The first-order valence-corrected chi connectivity index (χ1v) is 6.07. The van der Waals surface area contributed by atoms with Crippen molar-refractivity contribution in [3.05, 3.63) is 54.0 Å². The van der Waals surface area contributed by atoms with Crippen molar-refractivity contribution >= 4 is 0 Å². The van der Waals surface area contributed by atoms with Gasteiger partial charge < -0.3 is 10.5 Å². The van der Waals surface area contributed by atoms with Gasteiger partial charge in [-0.15, -0.1) is 0 Å². The van der Waals surface area contributed by atoms with Crippen LogP contribution in [0.5, 0.6) is 5.88 Å². The molecule has 0 aliphatic rings. The predicted octanol–water partition coefficient (Wildman–Crippen LogP) is 1.95. The third-order valence-electron chi connectivity index (χ3n) is 2.62. The molecule has 0 radical (unpaired) electrons. The Morgan fingerprint density at radius 3 is 2.61 bits per heavy atom. The van der Waals surface area contributed by atoms with Gasteiger partial charge in [0.05, 0.1) is 6.61 Å². The van der Waals surface area contributed by atoms with E-state index in [0.29, 0.717) is 24.7 Å². The summed E-state index contributed by atoms with van der Waals surface area (Å²) in [5.41, 5.74) is 7.59. The highest BCUT2D eigenvalue weighted by Gasteiger charge is 2.03. The molecule has 0 amide bonds. The minimum absolute atomic E-state index is 0.349. The molecule has 4 nitrogen and oxygen atoms in total. The number of ether oxygens (including phenoxy) is 1. The molecule has 0 atom stereocenters. The summed E-state index contributed by atoms with van der Waals surface area (Å²) in [6.45, 7) is 0.975. The van der Waals surface area contributed by atoms with Crippen molar-refractivity contribution in [2.75, 3.05) is 6.61 Å². The standard InChI is InChI=1S/C14H17N3O/c15-11-13-14(17-9-8-16-13)18-10-4-7-12-5-2-1-3-6-12/h1-3,5-6,8-9H,4,7,10-11,15H2. The summed E-state index contributed by atoms with van der Waals surface area (Å²) >= 11 is 0. The fraction of sp³-hybridized carbons (Fsp3) is 0.286. The van der Waals surface area contributed by atoms with Crippen molar-refractivity contribution in [2.45, 2.75) is 19.4 Å². The molecule has 0 bridgehead atoms. The quantitative estimate of drug-likeness (QED) is 0.788. The molecule has 2 N–H and O–H groups in total. The van der Waals surface area contributed by atoms with Crippen molar-refractivity contribution in [2.24, 2.45) is 5.73 Å². The Morgan fingerprint density at radius 2 is 1.83 bits per heavy atom. The average molecular weight is 243 g/mol. The number of nitrogens with zero attached hydrogens (tertiary/aromatic N) is 2. The molecule has 0 saturated heterocycles. The predicted molar refractivity (Wildman–Crippen MR) is 70.2 cm³/mol. The third kappa shape index (κ3) is 3.53. The van der Waals surface area contributed by atoms with E-state index in [2.05, 4.69) is 22.1 Å². The molecule has 0 fully saturated rings. The largest absolute Gasteiger partial charge is 0.476 e. The first-order chi connectivity index (χ1) is 8.90. The number of aryl methyl sites for hydroxylation is 1. The van der Waals surface area contributed by atoms with Gasteiger partial charge in [-0.25, -0.2) is 4.98 Å². The van der Waals surface area contributed by atoms with Crippen LogP contribution >= 0.6 is 0 Å². The van der Waals surface area contributed by atoms with Crippen LogP contribution in [-0.2, 0) is 13.0 Å². The number of rotatable bonds is 6. The second kappa shape index (κ2) is 6.71. The molecular formula is C14H17N3O. The summed E-state index contributed by atoms with van der Waals surface area (Å²) in [6, 6.07) is 10.4. The van der Waals surface area contributed by atoms with Crippen molar-refractivity contribution in [3.8, 4) is 5.88 Å². The van der Waals surface area contributed by atoms with Crippen LogP contribution in [0.1, 0.15) is 17.7 Å². The first-order valence-electron chi connectivity index (χ1n) is 6.07. The fourth-order valence-electron chi connectivity index (χ4n) is 1.70. The minimum Gasteiger partial charge on any atom is -0.476 e. The van der Waals surface area contributed by atoms with E-state index in [9.17, 15) is 0 Å². The third-order valence-corrected chi connectivity index (χ3v) is 2.62.